The first-order valence-corrected chi connectivity index (χ1v) is 12.4. The van der Waals surface area contributed by atoms with E-state index in [1.807, 2.05) is 0 Å². The molecule has 1 rings (SSSR count). The van der Waals surface area contributed by atoms with Crippen LogP contribution in [0.15, 0.2) is 30.4 Å². The highest BCUT2D eigenvalue weighted by Crippen LogP contribution is 2.26. The summed E-state index contributed by atoms with van der Waals surface area (Å²) >= 11 is 0. The molecular formula is C27H43NO5. The highest BCUT2D eigenvalue weighted by molar-refractivity contribution is 5.75. The predicted molar refractivity (Wildman–Crippen MR) is 132 cm³/mol. The number of carbonyl (C=O) groups is 2. The molecule has 2 N–H and O–H groups in total. The number of hydrogen-bond acceptors (Lipinski definition) is 5. The van der Waals surface area contributed by atoms with Gasteiger partial charge in [0.25, 0.3) is 0 Å². The zero-order chi connectivity index (χ0) is 24.3. The first kappa shape index (κ1) is 28.5. The Balaban J connectivity index is 2.07. The van der Waals surface area contributed by atoms with Gasteiger partial charge >= 0.3 is 5.97 Å². The molecule has 0 fully saturated rings. The van der Waals surface area contributed by atoms with E-state index in [4.69, 9.17) is 9.47 Å². The summed E-state index contributed by atoms with van der Waals surface area (Å²) in [4.78, 5) is 23.3. The number of carbonyl (C=O) groups excluding carboxylic acids is 2. The number of phenols is 1. The number of hydrogen-bond donors (Lipinski definition) is 2. The van der Waals surface area contributed by atoms with Crippen LogP contribution in [0.2, 0.25) is 0 Å². The van der Waals surface area contributed by atoms with Gasteiger partial charge in [-0.15, -0.1) is 0 Å². The van der Waals surface area contributed by atoms with E-state index in [1.54, 1.807) is 18.2 Å². The van der Waals surface area contributed by atoms with Crippen LogP contribution in [-0.4, -0.2) is 30.2 Å². The fraction of sp³-hybridized carbons (Fsp3) is 0.630. The molecule has 1 amide bonds. The maximum Gasteiger partial charge on any atom is 0.302 e. The smallest absolute Gasteiger partial charge is 0.302 e. The van der Waals surface area contributed by atoms with Crippen LogP contribution in [0.1, 0.15) is 96.5 Å². The number of amides is 1. The molecule has 6 heteroatoms. The molecule has 0 bridgehead atoms. The number of methoxy groups -OCH3 is 1. The standard InChI is InChI=1S/C27H43NO5/c1-4-5-12-15-24(33-22(2)29)16-13-10-8-6-7-9-11-14-17-27(31)28-21-23-18-19-25(30)26(20-23)32-3/h10,13,18-20,24,30H,4-9,11-12,14-17,21H2,1-3H3,(H,28,31)/b13-10-/t24-/m1/s1. The third-order valence-electron chi connectivity index (χ3n) is 5.54. The molecule has 1 aromatic rings. The number of benzene rings is 1. The van der Waals surface area contributed by atoms with Crippen molar-refractivity contribution in [2.24, 2.45) is 0 Å². The first-order valence-electron chi connectivity index (χ1n) is 12.4. The van der Waals surface area contributed by atoms with Crippen LogP contribution in [0, 0.1) is 0 Å². The van der Waals surface area contributed by atoms with Crippen LogP contribution in [0.25, 0.3) is 0 Å². The number of esters is 1. The summed E-state index contributed by atoms with van der Waals surface area (Å²) in [6.07, 6.45) is 16.5. The topological polar surface area (TPSA) is 84.9 Å². The minimum atomic E-state index is -0.195. The summed E-state index contributed by atoms with van der Waals surface area (Å²) in [7, 11) is 1.50. The van der Waals surface area contributed by atoms with Crippen molar-refractivity contribution in [1.82, 2.24) is 5.32 Å². The molecule has 0 aliphatic carbocycles. The van der Waals surface area contributed by atoms with Gasteiger partial charge in [0, 0.05) is 26.3 Å². The quantitative estimate of drug-likeness (QED) is 0.154. The second-order valence-corrected chi connectivity index (χ2v) is 8.52. The number of ether oxygens (including phenoxy) is 2. The van der Waals surface area contributed by atoms with Gasteiger partial charge < -0.3 is 19.9 Å². The Bertz CT molecular complexity index is 716. The van der Waals surface area contributed by atoms with Gasteiger partial charge in [0.15, 0.2) is 11.5 Å². The monoisotopic (exact) mass is 461 g/mol. The second-order valence-electron chi connectivity index (χ2n) is 8.52. The summed E-state index contributed by atoms with van der Waals surface area (Å²) < 4.78 is 10.5. The molecule has 33 heavy (non-hydrogen) atoms. The summed E-state index contributed by atoms with van der Waals surface area (Å²) in [5, 5.41) is 12.5. The second kappa shape index (κ2) is 18.0. The largest absolute Gasteiger partial charge is 0.504 e. The van der Waals surface area contributed by atoms with Gasteiger partial charge in [0.1, 0.15) is 6.10 Å². The fourth-order valence-electron chi connectivity index (χ4n) is 3.65. The molecule has 0 aliphatic rings. The number of phenolic OH excluding ortho intramolecular Hbond substituents is 1. The maximum atomic E-state index is 12.0. The SMILES string of the molecule is CCCCC[C@H](C/C=C\CCCCCCCC(=O)NCc1ccc(O)c(OC)c1)OC(C)=O. The number of nitrogens with one attached hydrogen (secondary N) is 1. The summed E-state index contributed by atoms with van der Waals surface area (Å²) in [6.45, 7) is 4.08. The van der Waals surface area contributed by atoms with E-state index in [0.29, 0.717) is 18.7 Å². The molecule has 1 aromatic carbocycles. The van der Waals surface area contributed by atoms with Crippen molar-refractivity contribution in [3.05, 3.63) is 35.9 Å². The lowest BCUT2D eigenvalue weighted by atomic mass is 10.1. The normalized spacial score (nSPS) is 12.0. The highest BCUT2D eigenvalue weighted by Gasteiger charge is 2.09. The van der Waals surface area contributed by atoms with Gasteiger partial charge in [-0.3, -0.25) is 9.59 Å². The van der Waals surface area contributed by atoms with Crippen molar-refractivity contribution in [1.29, 1.82) is 0 Å². The molecule has 0 heterocycles. The maximum absolute atomic E-state index is 12.0. The zero-order valence-electron chi connectivity index (χ0n) is 20.7. The Hall–Kier alpha value is -2.50. The summed E-state index contributed by atoms with van der Waals surface area (Å²) in [5.74, 6) is 0.356. The Morgan fingerprint density at radius 3 is 2.55 bits per heavy atom. The molecule has 6 nitrogen and oxygen atoms in total. The van der Waals surface area contributed by atoms with Gasteiger partial charge in [0.05, 0.1) is 7.11 Å². The number of allylic oxidation sites excluding steroid dienone is 1. The van der Waals surface area contributed by atoms with E-state index >= 15 is 0 Å². The van der Waals surface area contributed by atoms with E-state index in [0.717, 1.165) is 63.4 Å². The Morgan fingerprint density at radius 2 is 1.82 bits per heavy atom. The molecule has 0 aliphatic heterocycles. The van der Waals surface area contributed by atoms with Crippen molar-refractivity contribution in [3.63, 3.8) is 0 Å². The lowest BCUT2D eigenvalue weighted by Crippen LogP contribution is -2.22. The van der Waals surface area contributed by atoms with Crippen LogP contribution in [0.4, 0.5) is 0 Å². The van der Waals surface area contributed by atoms with Crippen molar-refractivity contribution in [2.75, 3.05) is 7.11 Å². The number of unbranched alkanes of at least 4 members (excludes halogenated alkanes) is 7. The van der Waals surface area contributed by atoms with Crippen LogP contribution in [0.3, 0.4) is 0 Å². The minimum absolute atomic E-state index is 0.00696. The van der Waals surface area contributed by atoms with Gasteiger partial charge in [-0.05, 0) is 49.8 Å². The molecular weight excluding hydrogens is 418 g/mol. The third-order valence-corrected chi connectivity index (χ3v) is 5.54. The lowest BCUT2D eigenvalue weighted by molar-refractivity contribution is -0.146. The van der Waals surface area contributed by atoms with Gasteiger partial charge in [-0.1, -0.05) is 57.2 Å². The van der Waals surface area contributed by atoms with Crippen LogP contribution < -0.4 is 10.1 Å². The van der Waals surface area contributed by atoms with E-state index in [9.17, 15) is 14.7 Å². The Morgan fingerprint density at radius 1 is 1.06 bits per heavy atom. The van der Waals surface area contributed by atoms with E-state index in [2.05, 4.69) is 24.4 Å². The molecule has 0 radical (unpaired) electrons. The van der Waals surface area contributed by atoms with Crippen molar-refractivity contribution >= 4 is 11.9 Å². The Kier molecular flexibility index (Phi) is 15.6. The number of aromatic hydroxyl groups is 1. The first-order chi connectivity index (χ1) is 16.0. The summed E-state index contributed by atoms with van der Waals surface area (Å²) in [6, 6.07) is 5.07. The molecule has 0 spiro atoms. The summed E-state index contributed by atoms with van der Waals surface area (Å²) in [5.41, 5.74) is 0.895. The van der Waals surface area contributed by atoms with E-state index < -0.39 is 0 Å². The van der Waals surface area contributed by atoms with Gasteiger partial charge in [-0.2, -0.15) is 0 Å². The zero-order valence-corrected chi connectivity index (χ0v) is 20.7. The minimum Gasteiger partial charge on any atom is -0.504 e. The average Bonchev–Trinajstić information content (AvgIpc) is 2.79. The van der Waals surface area contributed by atoms with Crippen LogP contribution >= 0.6 is 0 Å². The van der Waals surface area contributed by atoms with Gasteiger partial charge in [0.2, 0.25) is 5.91 Å². The van der Waals surface area contributed by atoms with Crippen LogP contribution in [0.5, 0.6) is 11.5 Å². The highest BCUT2D eigenvalue weighted by atomic mass is 16.5. The van der Waals surface area contributed by atoms with Gasteiger partial charge in [-0.25, -0.2) is 0 Å². The Labute approximate surface area is 199 Å². The molecule has 186 valence electrons. The predicted octanol–water partition coefficient (Wildman–Crippen LogP) is 6.21. The molecule has 0 unspecified atom stereocenters. The lowest BCUT2D eigenvalue weighted by Gasteiger charge is -2.14. The average molecular weight is 462 g/mol. The number of rotatable bonds is 18. The fourth-order valence-corrected chi connectivity index (χ4v) is 3.65. The molecule has 0 saturated carbocycles. The third kappa shape index (κ3) is 14.3. The van der Waals surface area contributed by atoms with E-state index in [1.165, 1.54) is 26.9 Å². The van der Waals surface area contributed by atoms with Crippen molar-refractivity contribution in [3.8, 4) is 11.5 Å². The molecule has 0 aromatic heterocycles. The van der Waals surface area contributed by atoms with E-state index in [-0.39, 0.29) is 23.7 Å². The molecule has 0 saturated heterocycles. The van der Waals surface area contributed by atoms with Crippen molar-refractivity contribution in [2.45, 2.75) is 104 Å². The molecule has 1 atom stereocenters. The van der Waals surface area contributed by atoms with Crippen LogP contribution in [-0.2, 0) is 20.9 Å². The van der Waals surface area contributed by atoms with Crippen molar-refractivity contribution < 1.29 is 24.2 Å².